The van der Waals surface area contributed by atoms with Crippen molar-refractivity contribution < 1.29 is 0 Å². The quantitative estimate of drug-likeness (QED) is 0.821. The summed E-state index contributed by atoms with van der Waals surface area (Å²) in [6, 6.07) is 0. The number of aryl methyl sites for hydroxylation is 2. The predicted octanol–water partition coefficient (Wildman–Crippen LogP) is 2.79. The smallest absolute Gasteiger partial charge is 0.148 e. The number of aromatic nitrogens is 2. The Labute approximate surface area is 91.3 Å². The molecule has 1 heterocycles. The average Bonchev–Trinajstić information content (AvgIpc) is 3.03. The maximum absolute atomic E-state index is 4.66. The zero-order valence-electron chi connectivity index (χ0n) is 9.80. The second kappa shape index (κ2) is 4.17. The van der Waals surface area contributed by atoms with E-state index >= 15 is 0 Å². The van der Waals surface area contributed by atoms with Gasteiger partial charge in [0.25, 0.3) is 0 Å². The number of hydrogen-bond donors (Lipinski definition) is 1. The topological polar surface area (TPSA) is 37.8 Å². The van der Waals surface area contributed by atoms with Gasteiger partial charge in [0.1, 0.15) is 5.82 Å². The summed E-state index contributed by atoms with van der Waals surface area (Å²) >= 11 is 0. The average molecular weight is 205 g/mol. The van der Waals surface area contributed by atoms with E-state index in [1.54, 1.807) is 0 Å². The van der Waals surface area contributed by atoms with Crippen LogP contribution >= 0.6 is 0 Å². The van der Waals surface area contributed by atoms with Crippen LogP contribution in [0.3, 0.4) is 0 Å². The molecule has 1 fully saturated rings. The maximum Gasteiger partial charge on any atom is 0.148 e. The Balaban J connectivity index is 2.27. The number of rotatable bonds is 4. The second-order valence-electron chi connectivity index (χ2n) is 4.33. The first-order valence-corrected chi connectivity index (χ1v) is 5.81. The largest absolute Gasteiger partial charge is 0.369 e. The highest BCUT2D eigenvalue weighted by molar-refractivity contribution is 5.45. The van der Waals surface area contributed by atoms with Gasteiger partial charge in [-0.1, -0.05) is 6.92 Å². The summed E-state index contributed by atoms with van der Waals surface area (Å²) in [5.74, 6) is 1.68. The molecule has 0 saturated heterocycles. The highest BCUT2D eigenvalue weighted by Crippen LogP contribution is 2.41. The van der Waals surface area contributed by atoms with E-state index in [9.17, 15) is 0 Å². The summed E-state index contributed by atoms with van der Waals surface area (Å²) in [7, 11) is 0. The SMILES string of the molecule is CCCNc1nc(C)c(C)nc1C1CC1. The van der Waals surface area contributed by atoms with Crippen molar-refractivity contribution in [1.29, 1.82) is 0 Å². The van der Waals surface area contributed by atoms with Crippen LogP contribution in [0.1, 0.15) is 49.2 Å². The maximum atomic E-state index is 4.66. The third-order valence-electron chi connectivity index (χ3n) is 2.84. The van der Waals surface area contributed by atoms with Crippen LogP contribution in [0, 0.1) is 13.8 Å². The summed E-state index contributed by atoms with van der Waals surface area (Å²) < 4.78 is 0. The van der Waals surface area contributed by atoms with Gasteiger partial charge in [0.05, 0.1) is 17.1 Å². The molecule has 1 aliphatic carbocycles. The molecule has 0 atom stereocenters. The standard InChI is InChI=1S/C12H19N3/c1-4-7-13-12-11(10-5-6-10)14-8(2)9(3)15-12/h10H,4-7H2,1-3H3,(H,13,15). The molecule has 1 aliphatic rings. The third-order valence-corrected chi connectivity index (χ3v) is 2.84. The summed E-state index contributed by atoms with van der Waals surface area (Å²) in [5, 5.41) is 3.38. The zero-order valence-corrected chi connectivity index (χ0v) is 9.80. The Kier molecular flexibility index (Phi) is 2.89. The molecular formula is C12H19N3. The highest BCUT2D eigenvalue weighted by atomic mass is 15.0. The van der Waals surface area contributed by atoms with Gasteiger partial charge >= 0.3 is 0 Å². The van der Waals surface area contributed by atoms with Crippen molar-refractivity contribution in [2.45, 2.75) is 46.0 Å². The monoisotopic (exact) mass is 205 g/mol. The number of anilines is 1. The molecule has 3 nitrogen and oxygen atoms in total. The van der Waals surface area contributed by atoms with E-state index in [1.165, 1.54) is 18.5 Å². The fourth-order valence-corrected chi connectivity index (χ4v) is 1.64. The zero-order chi connectivity index (χ0) is 10.8. The van der Waals surface area contributed by atoms with Gasteiger partial charge in [0.15, 0.2) is 0 Å². The minimum Gasteiger partial charge on any atom is -0.369 e. The first-order chi connectivity index (χ1) is 7.22. The molecule has 1 aromatic rings. The van der Waals surface area contributed by atoms with Crippen molar-refractivity contribution in [2.24, 2.45) is 0 Å². The molecule has 0 spiro atoms. The third kappa shape index (κ3) is 2.28. The van der Waals surface area contributed by atoms with Crippen LogP contribution in [-0.2, 0) is 0 Å². The van der Waals surface area contributed by atoms with Gasteiger partial charge < -0.3 is 5.32 Å². The van der Waals surface area contributed by atoms with Crippen LogP contribution in [0.15, 0.2) is 0 Å². The molecule has 0 bridgehead atoms. The number of nitrogens with zero attached hydrogens (tertiary/aromatic N) is 2. The lowest BCUT2D eigenvalue weighted by Crippen LogP contribution is -2.09. The van der Waals surface area contributed by atoms with E-state index in [2.05, 4.69) is 22.2 Å². The lowest BCUT2D eigenvalue weighted by atomic mass is 10.2. The molecule has 82 valence electrons. The first kappa shape index (κ1) is 10.4. The van der Waals surface area contributed by atoms with Crippen molar-refractivity contribution in [2.75, 3.05) is 11.9 Å². The van der Waals surface area contributed by atoms with Crippen LogP contribution in [0.25, 0.3) is 0 Å². The molecule has 2 rings (SSSR count). The van der Waals surface area contributed by atoms with Gasteiger partial charge in [-0.25, -0.2) is 4.98 Å². The molecular weight excluding hydrogens is 186 g/mol. The van der Waals surface area contributed by atoms with E-state index in [0.717, 1.165) is 30.2 Å². The molecule has 0 radical (unpaired) electrons. The van der Waals surface area contributed by atoms with Gasteiger partial charge in [0, 0.05) is 12.5 Å². The molecule has 1 aromatic heterocycles. The fraction of sp³-hybridized carbons (Fsp3) is 0.667. The molecule has 1 N–H and O–H groups in total. The van der Waals surface area contributed by atoms with Gasteiger partial charge in [-0.15, -0.1) is 0 Å². The van der Waals surface area contributed by atoms with E-state index < -0.39 is 0 Å². The molecule has 3 heteroatoms. The number of nitrogens with one attached hydrogen (secondary N) is 1. The van der Waals surface area contributed by atoms with Gasteiger partial charge in [-0.3, -0.25) is 4.98 Å². The molecule has 15 heavy (non-hydrogen) atoms. The van der Waals surface area contributed by atoms with Crippen LogP contribution in [-0.4, -0.2) is 16.5 Å². The van der Waals surface area contributed by atoms with Gasteiger partial charge in [0.2, 0.25) is 0 Å². The van der Waals surface area contributed by atoms with Gasteiger partial charge in [-0.2, -0.15) is 0 Å². The van der Waals surface area contributed by atoms with Crippen molar-refractivity contribution in [3.63, 3.8) is 0 Å². The van der Waals surface area contributed by atoms with E-state index in [0.29, 0.717) is 5.92 Å². The Hall–Kier alpha value is -1.12. The molecule has 0 aromatic carbocycles. The molecule has 0 amide bonds. The minimum absolute atomic E-state index is 0.663. The summed E-state index contributed by atoms with van der Waals surface area (Å²) in [6.07, 6.45) is 3.68. The number of hydrogen-bond acceptors (Lipinski definition) is 3. The molecule has 0 unspecified atom stereocenters. The normalized spacial score (nSPS) is 15.4. The highest BCUT2D eigenvalue weighted by Gasteiger charge is 2.28. The lowest BCUT2D eigenvalue weighted by molar-refractivity contribution is 0.903. The molecule has 0 aliphatic heterocycles. The van der Waals surface area contributed by atoms with Crippen molar-refractivity contribution >= 4 is 5.82 Å². The van der Waals surface area contributed by atoms with Crippen molar-refractivity contribution in [3.8, 4) is 0 Å². The Morgan fingerprint density at radius 3 is 2.47 bits per heavy atom. The Morgan fingerprint density at radius 2 is 1.87 bits per heavy atom. The second-order valence-corrected chi connectivity index (χ2v) is 4.33. The van der Waals surface area contributed by atoms with Gasteiger partial charge in [-0.05, 0) is 33.1 Å². The van der Waals surface area contributed by atoms with E-state index in [-0.39, 0.29) is 0 Å². The predicted molar refractivity (Wildman–Crippen MR) is 62.3 cm³/mol. The van der Waals surface area contributed by atoms with Crippen LogP contribution < -0.4 is 5.32 Å². The van der Waals surface area contributed by atoms with Crippen molar-refractivity contribution in [1.82, 2.24) is 9.97 Å². The Morgan fingerprint density at radius 1 is 1.20 bits per heavy atom. The Bertz CT molecular complexity index is 356. The van der Waals surface area contributed by atoms with Crippen molar-refractivity contribution in [3.05, 3.63) is 17.1 Å². The van der Waals surface area contributed by atoms with Crippen LogP contribution in [0.4, 0.5) is 5.82 Å². The summed E-state index contributed by atoms with van der Waals surface area (Å²) in [5.41, 5.74) is 3.29. The van der Waals surface area contributed by atoms with E-state index in [4.69, 9.17) is 0 Å². The summed E-state index contributed by atoms with van der Waals surface area (Å²) in [6.45, 7) is 7.21. The molecule has 1 saturated carbocycles. The van der Waals surface area contributed by atoms with E-state index in [1.807, 2.05) is 13.8 Å². The minimum atomic E-state index is 0.663. The fourth-order valence-electron chi connectivity index (χ4n) is 1.64. The lowest BCUT2D eigenvalue weighted by Gasteiger charge is -2.11. The van der Waals surface area contributed by atoms with Crippen LogP contribution in [0.2, 0.25) is 0 Å². The first-order valence-electron chi connectivity index (χ1n) is 5.81. The van der Waals surface area contributed by atoms with Crippen LogP contribution in [0.5, 0.6) is 0 Å². The summed E-state index contributed by atoms with van der Waals surface area (Å²) in [4.78, 5) is 9.26.